The summed E-state index contributed by atoms with van der Waals surface area (Å²) in [5, 5.41) is 26.7. The SMILES string of the molecule is CC(C#N)n1c(-c2ccccc2)nc(COC(=O)CC#N)c1COC(=O)CC#N. The molecule has 0 N–H and O–H groups in total. The highest BCUT2D eigenvalue weighted by Crippen LogP contribution is 2.27. The van der Waals surface area contributed by atoms with Crippen LogP contribution < -0.4 is 0 Å². The Labute approximate surface area is 167 Å². The van der Waals surface area contributed by atoms with Gasteiger partial charge >= 0.3 is 11.9 Å². The predicted octanol–water partition coefficient (Wildman–Crippen LogP) is 2.55. The third-order valence-electron chi connectivity index (χ3n) is 3.89. The van der Waals surface area contributed by atoms with Gasteiger partial charge in [-0.15, -0.1) is 0 Å². The number of rotatable bonds is 8. The number of benzene rings is 1. The Bertz CT molecular complexity index is 1010. The fourth-order valence-corrected chi connectivity index (χ4v) is 2.58. The van der Waals surface area contributed by atoms with E-state index in [1.807, 2.05) is 18.2 Å². The molecule has 0 aliphatic heterocycles. The van der Waals surface area contributed by atoms with Crippen LogP contribution in [0.4, 0.5) is 0 Å². The van der Waals surface area contributed by atoms with Gasteiger partial charge in [0.15, 0.2) is 0 Å². The van der Waals surface area contributed by atoms with Crippen LogP contribution in [0.15, 0.2) is 30.3 Å². The summed E-state index contributed by atoms with van der Waals surface area (Å²) in [4.78, 5) is 27.7. The number of carbonyl (C=O) groups is 2. The van der Waals surface area contributed by atoms with Crippen LogP contribution >= 0.6 is 0 Å². The van der Waals surface area contributed by atoms with Crippen LogP contribution in [-0.2, 0) is 32.3 Å². The fourth-order valence-electron chi connectivity index (χ4n) is 2.58. The maximum atomic E-state index is 11.6. The van der Waals surface area contributed by atoms with Gasteiger partial charge in [0.2, 0.25) is 0 Å². The van der Waals surface area contributed by atoms with Crippen LogP contribution in [-0.4, -0.2) is 21.5 Å². The van der Waals surface area contributed by atoms with E-state index in [0.29, 0.717) is 22.8 Å². The molecular weight excluding hydrogens is 374 g/mol. The minimum Gasteiger partial charge on any atom is -0.458 e. The molecule has 0 amide bonds. The zero-order chi connectivity index (χ0) is 21.2. The largest absolute Gasteiger partial charge is 0.458 e. The van der Waals surface area contributed by atoms with Crippen molar-refractivity contribution in [2.24, 2.45) is 0 Å². The van der Waals surface area contributed by atoms with Crippen molar-refractivity contribution in [3.05, 3.63) is 41.7 Å². The third kappa shape index (κ3) is 5.41. The summed E-state index contributed by atoms with van der Waals surface area (Å²) in [7, 11) is 0. The van der Waals surface area contributed by atoms with E-state index < -0.39 is 30.8 Å². The second-order valence-electron chi connectivity index (χ2n) is 5.86. The maximum Gasteiger partial charge on any atom is 0.320 e. The number of imidazole rings is 1. The average molecular weight is 391 g/mol. The lowest BCUT2D eigenvalue weighted by Gasteiger charge is -2.15. The number of nitriles is 3. The molecule has 146 valence electrons. The first-order valence-corrected chi connectivity index (χ1v) is 8.62. The Balaban J connectivity index is 2.49. The molecule has 29 heavy (non-hydrogen) atoms. The summed E-state index contributed by atoms with van der Waals surface area (Å²) in [5.74, 6) is -1.00. The number of carbonyl (C=O) groups excluding carboxylic acids is 2. The lowest BCUT2D eigenvalue weighted by Crippen LogP contribution is -2.14. The monoisotopic (exact) mass is 391 g/mol. The second-order valence-corrected chi connectivity index (χ2v) is 5.86. The van der Waals surface area contributed by atoms with Gasteiger partial charge in [-0.1, -0.05) is 30.3 Å². The van der Waals surface area contributed by atoms with Gasteiger partial charge in [-0.2, -0.15) is 15.8 Å². The molecule has 0 spiro atoms. The van der Waals surface area contributed by atoms with Crippen molar-refractivity contribution in [1.29, 1.82) is 15.8 Å². The predicted molar refractivity (Wildman–Crippen MR) is 98.0 cm³/mol. The van der Waals surface area contributed by atoms with E-state index in [1.54, 1.807) is 35.8 Å². The number of hydrogen-bond acceptors (Lipinski definition) is 8. The van der Waals surface area contributed by atoms with Gasteiger partial charge in [0.05, 0.1) is 23.9 Å². The fraction of sp³-hybridized carbons (Fsp3) is 0.300. The van der Waals surface area contributed by atoms with E-state index in [-0.39, 0.29) is 13.2 Å². The molecule has 1 aromatic carbocycles. The number of nitrogens with zero attached hydrogens (tertiary/aromatic N) is 5. The highest BCUT2D eigenvalue weighted by molar-refractivity contribution is 5.72. The van der Waals surface area contributed by atoms with Gasteiger partial charge in [-0.05, 0) is 6.92 Å². The average Bonchev–Trinajstić information content (AvgIpc) is 3.09. The first-order chi connectivity index (χ1) is 14.0. The van der Waals surface area contributed by atoms with Crippen LogP contribution in [0.3, 0.4) is 0 Å². The molecule has 2 aromatic rings. The van der Waals surface area contributed by atoms with Crippen molar-refractivity contribution in [2.45, 2.75) is 39.0 Å². The van der Waals surface area contributed by atoms with Crippen molar-refractivity contribution in [3.63, 3.8) is 0 Å². The molecule has 0 saturated carbocycles. The maximum absolute atomic E-state index is 11.6. The Kier molecular flexibility index (Phi) is 7.47. The summed E-state index contributed by atoms with van der Waals surface area (Å²) in [5.41, 5.74) is 1.38. The van der Waals surface area contributed by atoms with Crippen LogP contribution in [0.2, 0.25) is 0 Å². The van der Waals surface area contributed by atoms with Crippen molar-refractivity contribution < 1.29 is 19.1 Å². The van der Waals surface area contributed by atoms with Gasteiger partial charge in [0.1, 0.15) is 43.6 Å². The molecule has 0 radical (unpaired) electrons. The van der Waals surface area contributed by atoms with Crippen molar-refractivity contribution in [1.82, 2.24) is 9.55 Å². The van der Waals surface area contributed by atoms with Crippen molar-refractivity contribution in [2.75, 3.05) is 0 Å². The Morgan fingerprint density at radius 3 is 2.17 bits per heavy atom. The Hall–Kier alpha value is -4.16. The molecule has 9 nitrogen and oxygen atoms in total. The standard InChI is InChI=1S/C20H17N5O4/c1-14(11-23)25-17(13-29-19(27)8-10-22)16(12-28-18(26)7-9-21)24-20(25)15-5-3-2-4-6-15/h2-6,14H,7-8,12-13H2,1H3. The van der Waals surface area contributed by atoms with Gasteiger partial charge < -0.3 is 14.0 Å². The summed E-state index contributed by atoms with van der Waals surface area (Å²) < 4.78 is 11.8. The van der Waals surface area contributed by atoms with Crippen LogP contribution in [0.5, 0.6) is 0 Å². The minimum atomic E-state index is -0.724. The van der Waals surface area contributed by atoms with E-state index in [4.69, 9.17) is 20.0 Å². The molecule has 9 heteroatoms. The molecule has 1 unspecified atom stereocenters. The minimum absolute atomic E-state index is 0.252. The van der Waals surface area contributed by atoms with Gasteiger partial charge in [-0.25, -0.2) is 4.98 Å². The lowest BCUT2D eigenvalue weighted by atomic mass is 10.2. The lowest BCUT2D eigenvalue weighted by molar-refractivity contribution is -0.145. The molecule has 1 heterocycles. The highest BCUT2D eigenvalue weighted by atomic mass is 16.5. The van der Waals surface area contributed by atoms with Crippen LogP contribution in [0.25, 0.3) is 11.4 Å². The summed E-state index contributed by atoms with van der Waals surface area (Å²) in [6.07, 6.45) is -0.826. The molecule has 0 saturated heterocycles. The quantitative estimate of drug-likeness (QED) is 0.625. The molecular formula is C20H17N5O4. The summed E-state index contributed by atoms with van der Waals surface area (Å²) in [6.45, 7) is 1.15. The molecule has 0 bridgehead atoms. The van der Waals surface area contributed by atoms with Crippen molar-refractivity contribution in [3.8, 4) is 29.6 Å². The van der Waals surface area contributed by atoms with E-state index in [0.717, 1.165) is 0 Å². The number of hydrogen-bond donors (Lipinski definition) is 0. The van der Waals surface area contributed by atoms with E-state index in [2.05, 4.69) is 11.1 Å². The second kappa shape index (κ2) is 10.2. The third-order valence-corrected chi connectivity index (χ3v) is 3.89. The molecule has 0 aliphatic carbocycles. The zero-order valence-electron chi connectivity index (χ0n) is 15.7. The number of aromatic nitrogens is 2. The zero-order valence-corrected chi connectivity index (χ0v) is 15.7. The topological polar surface area (TPSA) is 142 Å². The molecule has 0 fully saturated rings. The van der Waals surface area contributed by atoms with Crippen LogP contribution in [0, 0.1) is 34.0 Å². The smallest absolute Gasteiger partial charge is 0.320 e. The molecule has 0 aliphatic rings. The Morgan fingerprint density at radius 1 is 1.03 bits per heavy atom. The molecule has 2 rings (SSSR count). The van der Waals surface area contributed by atoms with Gasteiger partial charge in [0, 0.05) is 5.56 Å². The van der Waals surface area contributed by atoms with Gasteiger partial charge in [-0.3, -0.25) is 9.59 Å². The summed E-state index contributed by atoms with van der Waals surface area (Å²) in [6, 6.07) is 13.9. The first-order valence-electron chi connectivity index (χ1n) is 8.62. The van der Waals surface area contributed by atoms with Crippen molar-refractivity contribution >= 4 is 11.9 Å². The number of esters is 2. The molecule has 1 aromatic heterocycles. The Morgan fingerprint density at radius 2 is 1.62 bits per heavy atom. The molecule has 1 atom stereocenters. The van der Waals surface area contributed by atoms with E-state index in [9.17, 15) is 14.9 Å². The number of ether oxygens (including phenoxy) is 2. The van der Waals surface area contributed by atoms with Gasteiger partial charge in [0.25, 0.3) is 0 Å². The first kappa shape index (κ1) is 21.1. The van der Waals surface area contributed by atoms with E-state index in [1.165, 1.54) is 0 Å². The van der Waals surface area contributed by atoms with E-state index >= 15 is 0 Å². The normalized spacial score (nSPS) is 10.8. The highest BCUT2D eigenvalue weighted by Gasteiger charge is 2.24. The summed E-state index contributed by atoms with van der Waals surface area (Å²) >= 11 is 0. The van der Waals surface area contributed by atoms with Crippen LogP contribution in [0.1, 0.15) is 37.2 Å².